The molecule has 1 aliphatic carbocycles. The van der Waals surface area contributed by atoms with Gasteiger partial charge in [-0.3, -0.25) is 10.1 Å². The van der Waals surface area contributed by atoms with Crippen molar-refractivity contribution >= 4 is 5.97 Å². The average molecular weight is 213 g/mol. The first-order valence-electron chi connectivity index (χ1n) is 6.15. The van der Waals surface area contributed by atoms with E-state index >= 15 is 0 Å². The van der Waals surface area contributed by atoms with Crippen LogP contribution < -0.4 is 5.32 Å². The largest absolute Gasteiger partial charge is 0.480 e. The van der Waals surface area contributed by atoms with E-state index in [4.69, 9.17) is 0 Å². The molecule has 0 aromatic rings. The molecule has 15 heavy (non-hydrogen) atoms. The second-order valence-electron chi connectivity index (χ2n) is 4.63. The van der Waals surface area contributed by atoms with E-state index in [-0.39, 0.29) is 0 Å². The van der Waals surface area contributed by atoms with Crippen LogP contribution in [0.15, 0.2) is 0 Å². The van der Waals surface area contributed by atoms with Crippen molar-refractivity contribution in [3.05, 3.63) is 0 Å². The van der Waals surface area contributed by atoms with Crippen LogP contribution >= 0.6 is 0 Å². The van der Waals surface area contributed by atoms with E-state index in [2.05, 4.69) is 19.2 Å². The molecule has 3 nitrogen and oxygen atoms in total. The fourth-order valence-corrected chi connectivity index (χ4v) is 2.52. The summed E-state index contributed by atoms with van der Waals surface area (Å²) < 4.78 is 0. The molecule has 0 aromatic carbocycles. The molecule has 0 aliphatic heterocycles. The highest BCUT2D eigenvalue weighted by atomic mass is 16.4. The molecule has 0 radical (unpaired) electrons. The summed E-state index contributed by atoms with van der Waals surface area (Å²) in [6.45, 7) is 4.27. The van der Waals surface area contributed by atoms with Crippen molar-refractivity contribution in [1.82, 2.24) is 5.32 Å². The molecule has 1 rings (SSSR count). The van der Waals surface area contributed by atoms with Crippen LogP contribution in [0.2, 0.25) is 0 Å². The van der Waals surface area contributed by atoms with Gasteiger partial charge >= 0.3 is 5.97 Å². The quantitative estimate of drug-likeness (QED) is 0.713. The highest BCUT2D eigenvalue weighted by molar-refractivity contribution is 5.79. The van der Waals surface area contributed by atoms with Crippen LogP contribution in [-0.2, 0) is 4.79 Å². The maximum Gasteiger partial charge on any atom is 0.323 e. The fourth-order valence-electron chi connectivity index (χ4n) is 2.52. The predicted molar refractivity (Wildman–Crippen MR) is 61.0 cm³/mol. The molecule has 1 unspecified atom stereocenters. The SMILES string of the molecule is CCCC(CC)NC1(C(=O)O)CCCC1. The number of carbonyl (C=O) groups is 1. The summed E-state index contributed by atoms with van der Waals surface area (Å²) in [4.78, 5) is 11.3. The van der Waals surface area contributed by atoms with Crippen LogP contribution in [0.5, 0.6) is 0 Å². The van der Waals surface area contributed by atoms with E-state index in [1.165, 1.54) is 0 Å². The summed E-state index contributed by atoms with van der Waals surface area (Å²) in [5, 5.41) is 12.7. The van der Waals surface area contributed by atoms with Gasteiger partial charge in [0.25, 0.3) is 0 Å². The number of carboxylic acid groups (broad SMARTS) is 1. The molecule has 0 heterocycles. The Balaban J connectivity index is 2.61. The topological polar surface area (TPSA) is 49.3 Å². The van der Waals surface area contributed by atoms with Gasteiger partial charge in [-0.15, -0.1) is 0 Å². The van der Waals surface area contributed by atoms with Crippen molar-refractivity contribution in [1.29, 1.82) is 0 Å². The Kier molecular flexibility index (Phi) is 4.58. The van der Waals surface area contributed by atoms with Gasteiger partial charge in [0.1, 0.15) is 5.54 Å². The molecule has 1 aliphatic rings. The maximum absolute atomic E-state index is 11.3. The zero-order valence-electron chi connectivity index (χ0n) is 9.88. The number of nitrogens with one attached hydrogen (secondary N) is 1. The lowest BCUT2D eigenvalue weighted by Gasteiger charge is -2.30. The molecular formula is C12H23NO2. The van der Waals surface area contributed by atoms with Crippen LogP contribution in [0.1, 0.15) is 58.8 Å². The Morgan fingerprint density at radius 2 is 2.00 bits per heavy atom. The minimum Gasteiger partial charge on any atom is -0.480 e. The molecule has 0 aromatic heterocycles. The summed E-state index contributed by atoms with van der Waals surface area (Å²) in [6.07, 6.45) is 6.88. The monoisotopic (exact) mass is 213 g/mol. The third-order valence-corrected chi connectivity index (χ3v) is 3.48. The third-order valence-electron chi connectivity index (χ3n) is 3.48. The van der Waals surface area contributed by atoms with Gasteiger partial charge in [-0.1, -0.05) is 33.1 Å². The van der Waals surface area contributed by atoms with E-state index in [1.807, 2.05) is 0 Å². The van der Waals surface area contributed by atoms with Crippen molar-refractivity contribution in [2.45, 2.75) is 70.4 Å². The molecule has 0 bridgehead atoms. The van der Waals surface area contributed by atoms with Gasteiger partial charge in [0.2, 0.25) is 0 Å². The normalized spacial score (nSPS) is 21.5. The Hall–Kier alpha value is -0.570. The first kappa shape index (κ1) is 12.5. The summed E-state index contributed by atoms with van der Waals surface area (Å²) in [6, 6.07) is 0.365. The van der Waals surface area contributed by atoms with Gasteiger partial charge in [-0.25, -0.2) is 0 Å². The lowest BCUT2D eigenvalue weighted by molar-refractivity contribution is -0.145. The molecule has 2 N–H and O–H groups in total. The molecule has 88 valence electrons. The van der Waals surface area contributed by atoms with E-state index in [0.717, 1.165) is 44.9 Å². The lowest BCUT2D eigenvalue weighted by atomic mass is 9.95. The number of rotatable bonds is 6. The van der Waals surface area contributed by atoms with Crippen molar-refractivity contribution < 1.29 is 9.90 Å². The van der Waals surface area contributed by atoms with Crippen molar-refractivity contribution in [2.24, 2.45) is 0 Å². The zero-order valence-corrected chi connectivity index (χ0v) is 9.88. The fraction of sp³-hybridized carbons (Fsp3) is 0.917. The van der Waals surface area contributed by atoms with Crippen molar-refractivity contribution in [2.75, 3.05) is 0 Å². The number of hydrogen-bond donors (Lipinski definition) is 2. The minimum atomic E-state index is -0.658. The zero-order chi connectivity index (χ0) is 11.3. The van der Waals surface area contributed by atoms with Gasteiger partial charge in [-0.05, 0) is 25.7 Å². The molecule has 1 fully saturated rings. The molecule has 1 atom stereocenters. The summed E-state index contributed by atoms with van der Waals surface area (Å²) in [5.41, 5.74) is -0.615. The van der Waals surface area contributed by atoms with E-state index in [1.54, 1.807) is 0 Å². The Morgan fingerprint density at radius 3 is 2.40 bits per heavy atom. The van der Waals surface area contributed by atoms with Crippen LogP contribution in [0.25, 0.3) is 0 Å². The lowest BCUT2D eigenvalue weighted by Crippen LogP contribution is -2.54. The van der Waals surface area contributed by atoms with Gasteiger partial charge in [0.05, 0.1) is 0 Å². The Bertz CT molecular complexity index is 210. The predicted octanol–water partition coefficient (Wildman–Crippen LogP) is 2.55. The number of hydrogen-bond acceptors (Lipinski definition) is 2. The summed E-state index contributed by atoms with van der Waals surface area (Å²) in [5.74, 6) is -0.658. The summed E-state index contributed by atoms with van der Waals surface area (Å²) in [7, 11) is 0. The van der Waals surface area contributed by atoms with Gasteiger partial charge in [-0.2, -0.15) is 0 Å². The number of aliphatic carboxylic acids is 1. The standard InChI is InChI=1S/C12H23NO2/c1-3-7-10(4-2)13-12(11(14)15)8-5-6-9-12/h10,13H,3-9H2,1-2H3,(H,14,15). The molecule has 1 saturated carbocycles. The van der Waals surface area contributed by atoms with Crippen LogP contribution in [-0.4, -0.2) is 22.7 Å². The van der Waals surface area contributed by atoms with E-state index in [0.29, 0.717) is 6.04 Å². The van der Waals surface area contributed by atoms with E-state index < -0.39 is 11.5 Å². The second kappa shape index (κ2) is 5.50. The van der Waals surface area contributed by atoms with Crippen molar-refractivity contribution in [3.63, 3.8) is 0 Å². The molecular weight excluding hydrogens is 190 g/mol. The number of carboxylic acids is 1. The molecule has 0 spiro atoms. The molecule has 3 heteroatoms. The van der Waals surface area contributed by atoms with Crippen molar-refractivity contribution in [3.8, 4) is 0 Å². The Labute approximate surface area is 92.3 Å². The van der Waals surface area contributed by atoms with Crippen LogP contribution in [0.4, 0.5) is 0 Å². The van der Waals surface area contributed by atoms with Crippen LogP contribution in [0.3, 0.4) is 0 Å². The van der Waals surface area contributed by atoms with Gasteiger partial charge < -0.3 is 5.11 Å². The van der Waals surface area contributed by atoms with Gasteiger partial charge in [0.15, 0.2) is 0 Å². The third kappa shape index (κ3) is 2.94. The molecule has 0 amide bonds. The highest BCUT2D eigenvalue weighted by Gasteiger charge is 2.41. The van der Waals surface area contributed by atoms with Crippen LogP contribution in [0, 0.1) is 0 Å². The second-order valence-corrected chi connectivity index (χ2v) is 4.63. The summed E-state index contributed by atoms with van der Waals surface area (Å²) >= 11 is 0. The first-order chi connectivity index (χ1) is 7.14. The average Bonchev–Trinajstić information content (AvgIpc) is 2.67. The Morgan fingerprint density at radius 1 is 1.40 bits per heavy atom. The van der Waals surface area contributed by atoms with E-state index in [9.17, 15) is 9.90 Å². The molecule has 0 saturated heterocycles. The highest BCUT2D eigenvalue weighted by Crippen LogP contribution is 2.31. The maximum atomic E-state index is 11.3. The minimum absolute atomic E-state index is 0.365. The smallest absolute Gasteiger partial charge is 0.323 e. The van der Waals surface area contributed by atoms with Gasteiger partial charge in [0, 0.05) is 6.04 Å². The first-order valence-corrected chi connectivity index (χ1v) is 6.15.